The zero-order valence-electron chi connectivity index (χ0n) is 13.2. The first-order chi connectivity index (χ1) is 10.1. The van der Waals surface area contributed by atoms with Gasteiger partial charge in [-0.3, -0.25) is 4.79 Å². The van der Waals surface area contributed by atoms with Crippen LogP contribution in [0.1, 0.15) is 39.5 Å². The van der Waals surface area contributed by atoms with Crippen LogP contribution >= 0.6 is 11.6 Å². The van der Waals surface area contributed by atoms with Gasteiger partial charge in [0.25, 0.3) is 0 Å². The lowest BCUT2D eigenvalue weighted by atomic mass is 9.98. The monoisotopic (exact) mass is 313 g/mol. The van der Waals surface area contributed by atoms with E-state index in [0.717, 1.165) is 25.7 Å². The van der Waals surface area contributed by atoms with Crippen LogP contribution < -0.4 is 14.8 Å². The first kappa shape index (κ1) is 17.6. The number of carbonyl (C=O) groups excluding carboxylic acids is 1. The Morgan fingerprint density at radius 2 is 1.90 bits per heavy atom. The van der Waals surface area contributed by atoms with Crippen LogP contribution in [-0.2, 0) is 4.79 Å². The molecule has 0 spiro atoms. The quantitative estimate of drug-likeness (QED) is 0.768. The molecule has 0 heterocycles. The number of amides is 1. The van der Waals surface area contributed by atoms with E-state index in [4.69, 9.17) is 21.1 Å². The Balaban J connectivity index is 2.92. The third-order valence-electron chi connectivity index (χ3n) is 3.50. The number of rotatable bonds is 8. The summed E-state index contributed by atoms with van der Waals surface area (Å²) in [5, 5.41) is 3.37. The van der Waals surface area contributed by atoms with E-state index in [1.54, 1.807) is 19.2 Å². The first-order valence-electron chi connectivity index (χ1n) is 7.29. The smallest absolute Gasteiger partial charge is 0.227 e. The molecule has 0 aliphatic heterocycles. The third kappa shape index (κ3) is 4.81. The molecule has 4 nitrogen and oxygen atoms in total. The van der Waals surface area contributed by atoms with E-state index in [9.17, 15) is 4.79 Å². The number of benzene rings is 1. The fraction of sp³-hybridized carbons (Fsp3) is 0.562. The summed E-state index contributed by atoms with van der Waals surface area (Å²) in [7, 11) is 3.08. The average Bonchev–Trinajstić information content (AvgIpc) is 2.49. The van der Waals surface area contributed by atoms with Crippen molar-refractivity contribution in [2.24, 2.45) is 5.92 Å². The van der Waals surface area contributed by atoms with Crippen molar-refractivity contribution in [1.29, 1.82) is 0 Å². The van der Waals surface area contributed by atoms with Crippen LogP contribution in [0, 0.1) is 5.92 Å². The van der Waals surface area contributed by atoms with Crippen LogP contribution in [0.15, 0.2) is 12.1 Å². The summed E-state index contributed by atoms with van der Waals surface area (Å²) in [5.41, 5.74) is 0.582. The summed E-state index contributed by atoms with van der Waals surface area (Å²) in [6, 6.07) is 3.33. The van der Waals surface area contributed by atoms with E-state index in [-0.39, 0.29) is 11.8 Å². The minimum absolute atomic E-state index is 0.00799. The van der Waals surface area contributed by atoms with Gasteiger partial charge in [0, 0.05) is 18.1 Å². The van der Waals surface area contributed by atoms with Gasteiger partial charge >= 0.3 is 0 Å². The first-order valence-corrected chi connectivity index (χ1v) is 7.67. The van der Waals surface area contributed by atoms with Gasteiger partial charge in [-0.05, 0) is 12.8 Å². The number of ether oxygens (including phenoxy) is 2. The van der Waals surface area contributed by atoms with Crippen molar-refractivity contribution in [3.05, 3.63) is 17.2 Å². The second-order valence-corrected chi connectivity index (χ2v) is 5.33. The number of carbonyl (C=O) groups is 1. The molecule has 0 radical (unpaired) electrons. The topological polar surface area (TPSA) is 47.6 Å². The molecule has 0 aromatic heterocycles. The molecule has 1 rings (SSSR count). The third-order valence-corrected chi connectivity index (χ3v) is 3.80. The number of hydrogen-bond acceptors (Lipinski definition) is 3. The van der Waals surface area contributed by atoms with Gasteiger partial charge < -0.3 is 14.8 Å². The van der Waals surface area contributed by atoms with E-state index in [1.807, 2.05) is 6.92 Å². The maximum atomic E-state index is 12.4. The van der Waals surface area contributed by atoms with Crippen LogP contribution in [-0.4, -0.2) is 20.1 Å². The zero-order valence-corrected chi connectivity index (χ0v) is 13.9. The van der Waals surface area contributed by atoms with Crippen molar-refractivity contribution in [3.8, 4) is 11.5 Å². The van der Waals surface area contributed by atoms with Crippen molar-refractivity contribution in [1.82, 2.24) is 0 Å². The van der Waals surface area contributed by atoms with Crippen molar-refractivity contribution in [2.45, 2.75) is 39.5 Å². The number of hydrogen-bond donors (Lipinski definition) is 1. The largest absolute Gasteiger partial charge is 0.495 e. The van der Waals surface area contributed by atoms with Crippen LogP contribution in [0.4, 0.5) is 5.69 Å². The molecule has 0 saturated heterocycles. The highest BCUT2D eigenvalue weighted by Crippen LogP contribution is 2.36. The van der Waals surface area contributed by atoms with Gasteiger partial charge in [-0.15, -0.1) is 0 Å². The minimum Gasteiger partial charge on any atom is -0.495 e. The normalized spacial score (nSPS) is 11.9. The fourth-order valence-corrected chi connectivity index (χ4v) is 2.39. The molecule has 0 saturated carbocycles. The summed E-state index contributed by atoms with van der Waals surface area (Å²) < 4.78 is 10.4. The maximum Gasteiger partial charge on any atom is 0.227 e. The van der Waals surface area contributed by atoms with Gasteiger partial charge in [0.1, 0.15) is 11.5 Å². The number of methoxy groups -OCH3 is 2. The molecule has 1 amide bonds. The predicted octanol–water partition coefficient (Wildman–Crippen LogP) is 4.51. The predicted molar refractivity (Wildman–Crippen MR) is 86.5 cm³/mol. The summed E-state index contributed by atoms with van der Waals surface area (Å²) in [4.78, 5) is 12.4. The van der Waals surface area contributed by atoms with E-state index in [2.05, 4.69) is 12.2 Å². The highest BCUT2D eigenvalue weighted by Gasteiger charge is 2.18. The zero-order chi connectivity index (χ0) is 15.8. The lowest BCUT2D eigenvalue weighted by molar-refractivity contribution is -0.120. The van der Waals surface area contributed by atoms with Gasteiger partial charge in [-0.25, -0.2) is 0 Å². The van der Waals surface area contributed by atoms with Gasteiger partial charge in [-0.1, -0.05) is 38.3 Å². The summed E-state index contributed by atoms with van der Waals surface area (Å²) >= 11 is 6.06. The maximum absolute atomic E-state index is 12.4. The standard InChI is InChI=1S/C16H24ClNO3/c1-5-7-8-11(6-2)16(19)18-13-10-14(20-3)12(17)9-15(13)21-4/h9-11H,5-8H2,1-4H3,(H,18,19). The van der Waals surface area contributed by atoms with Crippen molar-refractivity contribution >= 4 is 23.2 Å². The van der Waals surface area contributed by atoms with E-state index in [1.165, 1.54) is 7.11 Å². The Hall–Kier alpha value is -1.42. The van der Waals surface area contributed by atoms with Crippen LogP contribution in [0.3, 0.4) is 0 Å². The molecule has 0 aliphatic carbocycles. The summed E-state index contributed by atoms with van der Waals surface area (Å²) in [6.07, 6.45) is 3.85. The minimum atomic E-state index is 0.00799. The van der Waals surface area contributed by atoms with Crippen molar-refractivity contribution in [3.63, 3.8) is 0 Å². The fourth-order valence-electron chi connectivity index (χ4n) is 2.16. The van der Waals surface area contributed by atoms with E-state index < -0.39 is 0 Å². The van der Waals surface area contributed by atoms with Crippen LogP contribution in [0.2, 0.25) is 5.02 Å². The van der Waals surface area contributed by atoms with Gasteiger partial charge in [-0.2, -0.15) is 0 Å². The second kappa shape index (κ2) is 8.78. The van der Waals surface area contributed by atoms with Gasteiger partial charge in [0.15, 0.2) is 0 Å². The number of unbranched alkanes of at least 4 members (excludes halogenated alkanes) is 1. The molecule has 1 aromatic rings. The van der Waals surface area contributed by atoms with Gasteiger partial charge in [0.05, 0.1) is 24.9 Å². The molecular formula is C16H24ClNO3. The highest BCUT2D eigenvalue weighted by atomic mass is 35.5. The lowest BCUT2D eigenvalue weighted by Gasteiger charge is -2.17. The Morgan fingerprint density at radius 1 is 1.24 bits per heavy atom. The SMILES string of the molecule is CCCCC(CC)C(=O)Nc1cc(OC)c(Cl)cc1OC. The van der Waals surface area contributed by atoms with Crippen molar-refractivity contribution < 1.29 is 14.3 Å². The molecule has 1 atom stereocenters. The highest BCUT2D eigenvalue weighted by molar-refractivity contribution is 6.32. The Kier molecular flexibility index (Phi) is 7.37. The molecule has 0 bridgehead atoms. The number of nitrogens with one attached hydrogen (secondary N) is 1. The molecule has 1 unspecified atom stereocenters. The Morgan fingerprint density at radius 3 is 2.43 bits per heavy atom. The van der Waals surface area contributed by atoms with Crippen LogP contribution in [0.25, 0.3) is 0 Å². The molecule has 0 fully saturated rings. The van der Waals surface area contributed by atoms with Crippen molar-refractivity contribution in [2.75, 3.05) is 19.5 Å². The van der Waals surface area contributed by atoms with Crippen LogP contribution in [0.5, 0.6) is 11.5 Å². The molecular weight excluding hydrogens is 290 g/mol. The molecule has 1 N–H and O–H groups in total. The lowest BCUT2D eigenvalue weighted by Crippen LogP contribution is -2.22. The Bertz CT molecular complexity index is 477. The summed E-state index contributed by atoms with van der Waals surface area (Å²) in [5.74, 6) is 1.05. The molecule has 0 aliphatic rings. The number of anilines is 1. The molecule has 21 heavy (non-hydrogen) atoms. The molecule has 118 valence electrons. The van der Waals surface area contributed by atoms with E-state index in [0.29, 0.717) is 22.2 Å². The second-order valence-electron chi connectivity index (χ2n) is 4.92. The molecule has 1 aromatic carbocycles. The van der Waals surface area contributed by atoms with Gasteiger partial charge in [0.2, 0.25) is 5.91 Å². The Labute approximate surface area is 131 Å². The van der Waals surface area contributed by atoms with E-state index >= 15 is 0 Å². The molecule has 5 heteroatoms. The summed E-state index contributed by atoms with van der Waals surface area (Å²) in [6.45, 7) is 4.15. The number of halogens is 1. The average molecular weight is 314 g/mol.